The molecule has 0 saturated carbocycles. The van der Waals surface area contributed by atoms with E-state index in [1.54, 1.807) is 0 Å². The zero-order valence-electron chi connectivity index (χ0n) is 12.6. The van der Waals surface area contributed by atoms with Gasteiger partial charge in [-0.2, -0.15) is 0 Å². The fourth-order valence-corrected chi connectivity index (χ4v) is 2.95. The Balaban J connectivity index is 1.78. The summed E-state index contributed by atoms with van der Waals surface area (Å²) in [7, 11) is -0.961. The van der Waals surface area contributed by atoms with Crippen LogP contribution in [0.3, 0.4) is 0 Å². The third kappa shape index (κ3) is 4.20. The van der Waals surface area contributed by atoms with E-state index < -0.39 is 10.8 Å². The minimum atomic E-state index is -0.961. The highest BCUT2D eigenvalue weighted by molar-refractivity contribution is 7.86. The number of hydrogen-bond donors (Lipinski definition) is 2. The monoisotopic (exact) mass is 310 g/mol. The fourth-order valence-electron chi connectivity index (χ4n) is 2.05. The van der Waals surface area contributed by atoms with Gasteiger partial charge in [-0.25, -0.2) is 4.79 Å². The molecule has 2 rings (SSSR count). The van der Waals surface area contributed by atoms with Crippen molar-refractivity contribution in [1.29, 1.82) is 0 Å². The van der Waals surface area contributed by atoms with Gasteiger partial charge in [0.1, 0.15) is 12.4 Å². The summed E-state index contributed by atoms with van der Waals surface area (Å²) in [5.41, 5.74) is 0.992. The molecular weight excluding hydrogens is 288 g/mol. The Morgan fingerprint density at radius 3 is 2.81 bits per heavy atom. The van der Waals surface area contributed by atoms with Crippen molar-refractivity contribution >= 4 is 16.8 Å². The molecule has 21 heavy (non-hydrogen) atoms. The second kappa shape index (κ2) is 6.47. The van der Waals surface area contributed by atoms with Crippen molar-refractivity contribution in [3.8, 4) is 5.75 Å². The maximum atomic E-state index is 11.9. The Morgan fingerprint density at radius 2 is 2.10 bits per heavy atom. The second-order valence-electron chi connectivity index (χ2n) is 5.96. The Hall–Kier alpha value is -1.56. The lowest BCUT2D eigenvalue weighted by molar-refractivity contribution is 0.232. The molecule has 0 aliphatic carbocycles. The topological polar surface area (TPSA) is 67.4 Å². The van der Waals surface area contributed by atoms with Gasteiger partial charge in [-0.05, 0) is 26.8 Å². The van der Waals surface area contributed by atoms with Crippen molar-refractivity contribution in [2.75, 3.05) is 18.9 Å². The van der Waals surface area contributed by atoms with Crippen LogP contribution in [0.4, 0.5) is 4.79 Å². The van der Waals surface area contributed by atoms with Crippen LogP contribution in [0.2, 0.25) is 0 Å². The number of hydrogen-bond acceptors (Lipinski definition) is 3. The van der Waals surface area contributed by atoms with Crippen molar-refractivity contribution in [3.05, 3.63) is 29.8 Å². The number of ether oxygens (including phenoxy) is 1. The minimum absolute atomic E-state index is 0.130. The van der Waals surface area contributed by atoms with Crippen LogP contribution in [0.5, 0.6) is 5.75 Å². The first-order valence-electron chi connectivity index (χ1n) is 7.02. The first-order valence-corrected chi connectivity index (χ1v) is 8.34. The normalized spacial score (nSPS) is 18.5. The molecule has 0 radical (unpaired) electrons. The molecule has 5 nitrogen and oxygen atoms in total. The predicted molar refractivity (Wildman–Crippen MR) is 84.0 cm³/mol. The van der Waals surface area contributed by atoms with Crippen molar-refractivity contribution < 1.29 is 13.7 Å². The van der Waals surface area contributed by atoms with Crippen molar-refractivity contribution in [2.24, 2.45) is 0 Å². The Labute approximate surface area is 127 Å². The molecule has 116 valence electrons. The molecular formula is C15H22N2O3S. The number of carbonyl (C=O) groups excluding carboxylic acids is 1. The van der Waals surface area contributed by atoms with E-state index in [4.69, 9.17) is 4.74 Å². The van der Waals surface area contributed by atoms with Crippen LogP contribution >= 0.6 is 0 Å². The highest BCUT2D eigenvalue weighted by atomic mass is 32.2. The van der Waals surface area contributed by atoms with Crippen molar-refractivity contribution in [3.63, 3.8) is 0 Å². The quantitative estimate of drug-likeness (QED) is 0.893. The number of urea groups is 1. The predicted octanol–water partition coefficient (Wildman–Crippen LogP) is 1.97. The largest absolute Gasteiger partial charge is 0.491 e. The molecule has 0 spiro atoms. The molecule has 1 aromatic rings. The molecule has 6 heteroatoms. The highest BCUT2D eigenvalue weighted by Crippen LogP contribution is 2.31. The van der Waals surface area contributed by atoms with Crippen LogP contribution in [-0.2, 0) is 10.8 Å². The summed E-state index contributed by atoms with van der Waals surface area (Å²) in [5, 5.41) is 5.62. The molecule has 1 aliphatic rings. The van der Waals surface area contributed by atoms with Gasteiger partial charge in [0.25, 0.3) is 0 Å². The second-order valence-corrected chi connectivity index (χ2v) is 8.29. The van der Waals surface area contributed by atoms with E-state index in [0.29, 0.717) is 18.9 Å². The molecule has 1 aromatic carbocycles. The smallest absolute Gasteiger partial charge is 0.315 e. The summed E-state index contributed by atoms with van der Waals surface area (Å²) in [6.45, 7) is 6.62. The van der Waals surface area contributed by atoms with E-state index in [0.717, 1.165) is 11.3 Å². The fraction of sp³-hybridized carbons (Fsp3) is 0.533. The average Bonchev–Trinajstić information content (AvgIpc) is 2.81. The molecule has 0 aromatic heterocycles. The molecule has 2 atom stereocenters. The van der Waals surface area contributed by atoms with E-state index in [2.05, 4.69) is 10.6 Å². The zero-order valence-corrected chi connectivity index (χ0v) is 13.5. The van der Waals surface area contributed by atoms with Gasteiger partial charge in [-0.15, -0.1) is 0 Å². The van der Waals surface area contributed by atoms with Crippen LogP contribution in [0.15, 0.2) is 24.3 Å². The van der Waals surface area contributed by atoms with Gasteiger partial charge in [0, 0.05) is 33.4 Å². The van der Waals surface area contributed by atoms with E-state index in [9.17, 15) is 9.00 Å². The van der Waals surface area contributed by atoms with Crippen LogP contribution in [0.1, 0.15) is 32.4 Å². The molecule has 0 unspecified atom stereocenters. The summed E-state index contributed by atoms with van der Waals surface area (Å²) in [5.74, 6) is 1.27. The molecule has 2 amide bonds. The number of benzene rings is 1. The summed E-state index contributed by atoms with van der Waals surface area (Å²) in [6.07, 6.45) is 0. The van der Waals surface area contributed by atoms with Gasteiger partial charge >= 0.3 is 6.03 Å². The molecule has 1 heterocycles. The van der Waals surface area contributed by atoms with Crippen LogP contribution in [-0.4, -0.2) is 33.9 Å². The Morgan fingerprint density at radius 1 is 1.38 bits per heavy atom. The number of amides is 2. The molecule has 2 N–H and O–H groups in total. The first-order chi connectivity index (χ1) is 9.88. The SMILES string of the molecule is CC(C)(C)[S@](=O)CCNC(=O)N[C@@H]1COc2ccccc21. The summed E-state index contributed by atoms with van der Waals surface area (Å²) < 4.78 is 17.1. The van der Waals surface area contributed by atoms with E-state index >= 15 is 0 Å². The third-order valence-electron chi connectivity index (χ3n) is 3.26. The molecule has 0 bridgehead atoms. The lowest BCUT2D eigenvalue weighted by Crippen LogP contribution is -2.41. The average molecular weight is 310 g/mol. The number of rotatable bonds is 4. The first kappa shape index (κ1) is 15.8. The van der Waals surface area contributed by atoms with Gasteiger partial charge in [0.2, 0.25) is 0 Å². The third-order valence-corrected chi connectivity index (χ3v) is 5.20. The number of fused-ring (bicyclic) bond motifs is 1. The Kier molecular flexibility index (Phi) is 4.88. The standard InChI is InChI=1S/C15H22N2O3S/c1-15(2,3)21(19)9-8-16-14(18)17-12-10-20-13-7-5-4-6-11(12)13/h4-7,12H,8-10H2,1-3H3,(H2,16,17,18)/t12-,21-/m1/s1. The van der Waals surface area contributed by atoms with Crippen LogP contribution in [0, 0.1) is 0 Å². The maximum absolute atomic E-state index is 11.9. The van der Waals surface area contributed by atoms with Gasteiger partial charge < -0.3 is 15.4 Å². The summed E-state index contributed by atoms with van der Waals surface area (Å²) in [4.78, 5) is 11.9. The maximum Gasteiger partial charge on any atom is 0.315 e. The van der Waals surface area contributed by atoms with E-state index in [1.165, 1.54) is 0 Å². The van der Waals surface area contributed by atoms with Gasteiger partial charge in [-0.1, -0.05) is 18.2 Å². The number of carbonyl (C=O) groups is 1. The van der Waals surface area contributed by atoms with Gasteiger partial charge in [-0.3, -0.25) is 4.21 Å². The molecule has 0 saturated heterocycles. The minimum Gasteiger partial charge on any atom is -0.491 e. The van der Waals surface area contributed by atoms with E-state index in [-0.39, 0.29) is 16.8 Å². The lowest BCUT2D eigenvalue weighted by Gasteiger charge is -2.18. The van der Waals surface area contributed by atoms with Crippen molar-refractivity contribution in [2.45, 2.75) is 31.6 Å². The number of para-hydroxylation sites is 1. The van der Waals surface area contributed by atoms with Crippen molar-refractivity contribution in [1.82, 2.24) is 10.6 Å². The van der Waals surface area contributed by atoms with Gasteiger partial charge in [0.05, 0.1) is 6.04 Å². The molecule has 1 aliphatic heterocycles. The Bertz CT molecular complexity index is 540. The van der Waals surface area contributed by atoms with Gasteiger partial charge in [0.15, 0.2) is 0 Å². The highest BCUT2D eigenvalue weighted by Gasteiger charge is 2.25. The zero-order chi connectivity index (χ0) is 15.5. The molecule has 0 fully saturated rings. The van der Waals surface area contributed by atoms with Crippen LogP contribution in [0.25, 0.3) is 0 Å². The summed E-state index contributed by atoms with van der Waals surface area (Å²) in [6, 6.07) is 7.28. The summed E-state index contributed by atoms with van der Waals surface area (Å²) >= 11 is 0. The number of nitrogens with one attached hydrogen (secondary N) is 2. The lowest BCUT2D eigenvalue weighted by atomic mass is 10.1. The van der Waals surface area contributed by atoms with E-state index in [1.807, 2.05) is 45.0 Å². The van der Waals surface area contributed by atoms with Crippen LogP contribution < -0.4 is 15.4 Å².